The summed E-state index contributed by atoms with van der Waals surface area (Å²) in [6.07, 6.45) is 0.514. The Kier molecular flexibility index (Phi) is 4.28. The van der Waals surface area contributed by atoms with Gasteiger partial charge in [-0.25, -0.2) is 4.99 Å². The number of benzene rings is 1. The van der Waals surface area contributed by atoms with Crippen LogP contribution in [-0.2, 0) is 14.9 Å². The lowest BCUT2D eigenvalue weighted by Gasteiger charge is -2.33. The molecule has 1 aliphatic carbocycles. The van der Waals surface area contributed by atoms with Crippen molar-refractivity contribution in [1.29, 1.82) is 10.5 Å². The number of nitrogens with one attached hydrogen (secondary N) is 1. The van der Waals surface area contributed by atoms with Crippen LogP contribution in [0.2, 0.25) is 5.02 Å². The third-order valence-corrected chi connectivity index (χ3v) is 6.13. The molecule has 0 unspecified atom stereocenters. The maximum absolute atomic E-state index is 10.4. The maximum atomic E-state index is 10.4. The highest BCUT2D eigenvalue weighted by atomic mass is 35.5. The van der Waals surface area contributed by atoms with E-state index in [9.17, 15) is 10.5 Å². The van der Waals surface area contributed by atoms with E-state index in [1.54, 1.807) is 12.1 Å². The van der Waals surface area contributed by atoms with Gasteiger partial charge in [0.05, 0.1) is 30.8 Å². The Morgan fingerprint density at radius 3 is 2.08 bits per heavy atom. The lowest BCUT2D eigenvalue weighted by molar-refractivity contribution is -0.694. The molecule has 1 aromatic rings. The molecule has 3 rings (SSSR count). The standard InChI is InChI=1S/C19H21ClN4O2/c1-4-16(13-7-9-14(20)10-8-13)17(11-21)15(23)24-19(25-5-2,26-6-3)18(16,17)12-22/h7-10H,4-6H2,1-3H3,(H2,23,24)/p+1/t16-,17+,18-/m1/s1. The summed E-state index contributed by atoms with van der Waals surface area (Å²) in [5.41, 5.74) is 3.70. The topological polar surface area (TPSA) is 106 Å². The number of halogens is 1. The molecule has 6 nitrogen and oxygen atoms in total. The molecule has 3 atom stereocenters. The van der Waals surface area contributed by atoms with E-state index in [-0.39, 0.29) is 5.84 Å². The minimum atomic E-state index is -1.49. The van der Waals surface area contributed by atoms with Gasteiger partial charge < -0.3 is 9.47 Å². The first-order chi connectivity index (χ1) is 12.4. The lowest BCUT2D eigenvalue weighted by Crippen LogP contribution is -2.91. The Morgan fingerprint density at radius 2 is 1.65 bits per heavy atom. The molecule has 3 N–H and O–H groups in total. The molecular weight excluding hydrogens is 352 g/mol. The fourth-order valence-corrected chi connectivity index (χ4v) is 5.21. The van der Waals surface area contributed by atoms with Gasteiger partial charge in [-0.15, -0.1) is 0 Å². The second kappa shape index (κ2) is 5.96. The van der Waals surface area contributed by atoms with E-state index in [4.69, 9.17) is 26.8 Å². The van der Waals surface area contributed by atoms with Gasteiger partial charge in [-0.2, -0.15) is 10.5 Å². The van der Waals surface area contributed by atoms with Gasteiger partial charge in [0.1, 0.15) is 0 Å². The largest absolute Gasteiger partial charge is 0.343 e. The van der Waals surface area contributed by atoms with Crippen LogP contribution in [0.1, 0.15) is 32.8 Å². The van der Waals surface area contributed by atoms with Crippen LogP contribution in [-0.4, -0.2) is 25.0 Å². The third-order valence-electron chi connectivity index (χ3n) is 5.88. The molecule has 0 bridgehead atoms. The number of hydrogen-bond acceptors (Lipinski definition) is 5. The van der Waals surface area contributed by atoms with Crippen LogP contribution in [0, 0.1) is 33.5 Å². The fraction of sp³-hybridized carbons (Fsp3) is 0.526. The van der Waals surface area contributed by atoms with E-state index < -0.39 is 22.2 Å². The van der Waals surface area contributed by atoms with Crippen LogP contribution in [0.15, 0.2) is 24.3 Å². The number of hydrogen-bond donors (Lipinski definition) is 2. The Bertz CT molecular complexity index is 835. The van der Waals surface area contributed by atoms with Crippen molar-refractivity contribution in [3.8, 4) is 12.1 Å². The molecule has 0 amide bonds. The third kappa shape index (κ3) is 1.66. The summed E-state index contributed by atoms with van der Waals surface area (Å²) in [4.78, 5) is 3.00. The average molecular weight is 374 g/mol. The lowest BCUT2D eigenvalue weighted by atomic mass is 9.80. The molecule has 136 valence electrons. The molecule has 0 aromatic heterocycles. The van der Waals surface area contributed by atoms with Crippen molar-refractivity contribution in [2.24, 2.45) is 16.6 Å². The molecule has 0 radical (unpaired) electrons. The number of rotatable bonds is 6. The van der Waals surface area contributed by atoms with Crippen LogP contribution in [0.3, 0.4) is 0 Å². The van der Waals surface area contributed by atoms with E-state index in [2.05, 4.69) is 17.1 Å². The summed E-state index contributed by atoms with van der Waals surface area (Å²) < 4.78 is 11.9. The number of ether oxygens (including phenoxy) is 2. The normalized spacial score (nSPS) is 33.7. The van der Waals surface area contributed by atoms with E-state index in [0.717, 1.165) is 5.56 Å². The molecule has 1 aliphatic heterocycles. The predicted octanol–water partition coefficient (Wildman–Crippen LogP) is 1.20. The Labute approximate surface area is 158 Å². The highest BCUT2D eigenvalue weighted by Crippen LogP contribution is 2.83. The monoisotopic (exact) mass is 373 g/mol. The smallest absolute Gasteiger partial charge is 0.314 e. The van der Waals surface area contributed by atoms with E-state index in [0.29, 0.717) is 24.7 Å². The molecule has 1 fully saturated rings. The zero-order chi connectivity index (χ0) is 19.2. The zero-order valence-electron chi connectivity index (χ0n) is 15.1. The predicted molar refractivity (Wildman–Crippen MR) is 95.7 cm³/mol. The van der Waals surface area contributed by atoms with Crippen LogP contribution >= 0.6 is 11.6 Å². The number of fused-ring (bicyclic) bond motifs is 1. The van der Waals surface area contributed by atoms with E-state index in [1.807, 2.05) is 32.9 Å². The molecule has 26 heavy (non-hydrogen) atoms. The molecule has 2 aliphatic rings. The van der Waals surface area contributed by atoms with Gasteiger partial charge in [0, 0.05) is 5.02 Å². The Balaban J connectivity index is 2.35. The summed E-state index contributed by atoms with van der Waals surface area (Å²) in [7, 11) is 0. The van der Waals surface area contributed by atoms with Crippen molar-refractivity contribution in [2.45, 2.75) is 38.5 Å². The second-order valence-electron chi connectivity index (χ2n) is 6.51. The first kappa shape index (κ1) is 18.7. The van der Waals surface area contributed by atoms with Gasteiger partial charge in [-0.3, -0.25) is 5.73 Å². The molecule has 0 saturated heterocycles. The fourth-order valence-electron chi connectivity index (χ4n) is 5.08. The van der Waals surface area contributed by atoms with Crippen LogP contribution < -0.4 is 10.7 Å². The van der Waals surface area contributed by atoms with E-state index in [1.165, 1.54) is 0 Å². The van der Waals surface area contributed by atoms with Gasteiger partial charge in [-0.05, 0) is 38.0 Å². The average Bonchev–Trinajstić information content (AvgIpc) is 3.13. The maximum Gasteiger partial charge on any atom is 0.343 e. The molecule has 1 heterocycles. The number of amidine groups is 1. The highest BCUT2D eigenvalue weighted by Gasteiger charge is 3.03. The van der Waals surface area contributed by atoms with Crippen molar-refractivity contribution in [3.05, 3.63) is 34.9 Å². The Morgan fingerprint density at radius 1 is 1.08 bits per heavy atom. The van der Waals surface area contributed by atoms with Gasteiger partial charge in [0.25, 0.3) is 5.84 Å². The Hall–Kier alpha value is -2.12. The van der Waals surface area contributed by atoms with Crippen LogP contribution in [0.4, 0.5) is 0 Å². The van der Waals surface area contributed by atoms with Crippen molar-refractivity contribution >= 4 is 17.4 Å². The SMILES string of the molecule is CCOC1(OCC)[NH+]=C(N)[C@@]2(C#N)[C@@](CC)(c3ccc(Cl)cc3)[C@@]12C#N. The number of nitrogens with two attached hydrogens (primary N) is 1. The van der Waals surface area contributed by atoms with Crippen molar-refractivity contribution < 1.29 is 14.5 Å². The number of nitrogens with zero attached hydrogens (tertiary/aromatic N) is 2. The molecule has 1 aromatic carbocycles. The summed E-state index contributed by atoms with van der Waals surface area (Å²) >= 11 is 6.05. The van der Waals surface area contributed by atoms with Crippen molar-refractivity contribution in [3.63, 3.8) is 0 Å². The summed E-state index contributed by atoms with van der Waals surface area (Å²) in [6.45, 7) is 6.17. The minimum Gasteiger partial charge on any atom is -0.314 e. The van der Waals surface area contributed by atoms with Gasteiger partial charge >= 0.3 is 5.91 Å². The van der Waals surface area contributed by atoms with Gasteiger partial charge in [-0.1, -0.05) is 30.7 Å². The van der Waals surface area contributed by atoms with Gasteiger partial charge in [0.2, 0.25) is 0 Å². The zero-order valence-corrected chi connectivity index (χ0v) is 15.9. The molecular formula is C19H22ClN4O2+. The van der Waals surface area contributed by atoms with Gasteiger partial charge in [0.15, 0.2) is 10.8 Å². The molecule has 7 heteroatoms. The first-order valence-corrected chi connectivity index (χ1v) is 9.08. The van der Waals surface area contributed by atoms with E-state index >= 15 is 0 Å². The first-order valence-electron chi connectivity index (χ1n) is 8.71. The summed E-state index contributed by atoms with van der Waals surface area (Å²) in [6, 6.07) is 11.9. The number of nitriles is 2. The minimum absolute atomic E-state index is 0.209. The summed E-state index contributed by atoms with van der Waals surface area (Å²) in [5.74, 6) is -1.28. The quantitative estimate of drug-likeness (QED) is 0.729. The van der Waals surface area contributed by atoms with Crippen LogP contribution in [0.25, 0.3) is 0 Å². The van der Waals surface area contributed by atoms with Crippen molar-refractivity contribution in [1.82, 2.24) is 0 Å². The van der Waals surface area contributed by atoms with Crippen LogP contribution in [0.5, 0.6) is 0 Å². The molecule has 0 spiro atoms. The summed E-state index contributed by atoms with van der Waals surface area (Å²) in [5, 5.41) is 21.1. The van der Waals surface area contributed by atoms with Crippen molar-refractivity contribution in [2.75, 3.05) is 13.2 Å². The second-order valence-corrected chi connectivity index (χ2v) is 6.95. The highest BCUT2D eigenvalue weighted by molar-refractivity contribution is 6.30. The molecule has 1 saturated carbocycles.